The predicted molar refractivity (Wildman–Crippen MR) is 133 cm³/mol. The van der Waals surface area contributed by atoms with Crippen LogP contribution in [-0.4, -0.2) is 48.2 Å². The maximum absolute atomic E-state index is 15.2. The third kappa shape index (κ3) is 5.59. The quantitative estimate of drug-likeness (QED) is 0.194. The summed E-state index contributed by atoms with van der Waals surface area (Å²) in [6.45, 7) is -1.44. The number of aromatic nitrogens is 8. The van der Waals surface area contributed by atoms with Crippen LogP contribution in [0.25, 0.3) is 27.9 Å². The Morgan fingerprint density at radius 1 is 1.13 bits per heavy atom. The molecule has 1 aromatic carbocycles. The normalized spacial score (nSPS) is 12.3. The predicted octanol–water partition coefficient (Wildman–Crippen LogP) is 4.54. The lowest BCUT2D eigenvalue weighted by Gasteiger charge is -2.18. The first-order valence-electron chi connectivity index (χ1n) is 11.6. The van der Waals surface area contributed by atoms with E-state index < -0.39 is 18.5 Å². The first-order chi connectivity index (χ1) is 18.8. The molecule has 5 rings (SSSR count). The summed E-state index contributed by atoms with van der Waals surface area (Å²) >= 11 is 6.03. The number of aryl methyl sites for hydroxylation is 1. The highest BCUT2D eigenvalue weighted by molar-refractivity contribution is 6.31. The number of nitrogens with zero attached hydrogens (tertiary/aromatic N) is 8. The number of benzene rings is 1. The van der Waals surface area contributed by atoms with Gasteiger partial charge in [0, 0.05) is 36.1 Å². The van der Waals surface area contributed by atoms with E-state index in [9.17, 15) is 14.0 Å². The van der Waals surface area contributed by atoms with Crippen LogP contribution in [0.3, 0.4) is 0 Å². The number of alkyl halides is 2. The van der Waals surface area contributed by atoms with Crippen molar-refractivity contribution in [2.24, 2.45) is 0 Å². The van der Waals surface area contributed by atoms with Gasteiger partial charge in [0.1, 0.15) is 12.4 Å². The summed E-state index contributed by atoms with van der Waals surface area (Å²) in [5.74, 6) is -0.760. The van der Waals surface area contributed by atoms with Crippen molar-refractivity contribution in [3.05, 3.63) is 94.9 Å². The minimum absolute atomic E-state index is 0.0120. The Bertz CT molecular complexity index is 1600. The zero-order chi connectivity index (χ0) is 27.5. The summed E-state index contributed by atoms with van der Waals surface area (Å²) in [5, 5.41) is 28.5. The molecule has 4 heterocycles. The molecule has 0 spiro atoms. The Labute approximate surface area is 224 Å². The van der Waals surface area contributed by atoms with Crippen molar-refractivity contribution < 1.29 is 22.6 Å². The van der Waals surface area contributed by atoms with Crippen LogP contribution in [0.15, 0.2) is 67.5 Å². The number of rotatable bonds is 9. The lowest BCUT2D eigenvalue weighted by atomic mass is 10.0. The molecule has 14 heteroatoms. The molecule has 0 bridgehead atoms. The van der Waals surface area contributed by atoms with Gasteiger partial charge in [-0.1, -0.05) is 11.6 Å². The van der Waals surface area contributed by atoms with Gasteiger partial charge in [-0.3, -0.25) is 9.67 Å². The Balaban J connectivity index is 1.54. The number of hydrogen-bond acceptors (Lipinski definition) is 7. The van der Waals surface area contributed by atoms with Crippen LogP contribution in [0.2, 0.25) is 5.02 Å². The summed E-state index contributed by atoms with van der Waals surface area (Å²) in [6, 6.07) is 8.82. The van der Waals surface area contributed by atoms with Crippen LogP contribution < -0.4 is 4.73 Å². The van der Waals surface area contributed by atoms with Crippen LogP contribution >= 0.6 is 11.6 Å². The number of tetrazole rings is 1. The van der Waals surface area contributed by atoms with Crippen molar-refractivity contribution in [1.82, 2.24) is 35.0 Å². The number of hydrogen-bond donors (Lipinski definition) is 0. The molecular formula is C25H20ClF3N8O2. The van der Waals surface area contributed by atoms with Crippen molar-refractivity contribution in [3.8, 4) is 27.9 Å². The highest BCUT2D eigenvalue weighted by Crippen LogP contribution is 2.33. The van der Waals surface area contributed by atoms with E-state index in [0.717, 1.165) is 16.8 Å². The van der Waals surface area contributed by atoms with Gasteiger partial charge in [0.25, 0.3) is 0 Å². The molecule has 1 atom stereocenters. The minimum Gasteiger partial charge on any atom is -0.618 e. The Morgan fingerprint density at radius 3 is 2.69 bits per heavy atom. The van der Waals surface area contributed by atoms with Crippen LogP contribution in [0.5, 0.6) is 0 Å². The lowest BCUT2D eigenvalue weighted by Crippen LogP contribution is -2.36. The second-order valence-corrected chi connectivity index (χ2v) is 8.92. The third-order valence-electron chi connectivity index (χ3n) is 6.03. The van der Waals surface area contributed by atoms with Crippen LogP contribution in [0, 0.1) is 17.9 Å². The van der Waals surface area contributed by atoms with E-state index in [1.165, 1.54) is 46.2 Å². The zero-order valence-electron chi connectivity index (χ0n) is 20.3. The molecule has 0 saturated heterocycles. The molecule has 200 valence electrons. The molecule has 0 aliphatic rings. The van der Waals surface area contributed by atoms with E-state index in [1.54, 1.807) is 18.6 Å². The SMILES string of the molecule is Cc1cc(-c2cnn(C(CCOC(F)F)c3ccc(-c4c(-n5cnnn5)ccc(Cl)c4F)c[n+]3[O-])c2)ccn1. The largest absolute Gasteiger partial charge is 0.618 e. The van der Waals surface area contributed by atoms with Gasteiger partial charge >= 0.3 is 6.61 Å². The van der Waals surface area contributed by atoms with E-state index >= 15 is 4.39 Å². The van der Waals surface area contributed by atoms with Gasteiger partial charge in [-0.25, -0.2) is 4.39 Å². The van der Waals surface area contributed by atoms with Gasteiger partial charge in [-0.2, -0.15) is 23.3 Å². The van der Waals surface area contributed by atoms with Crippen molar-refractivity contribution in [1.29, 1.82) is 0 Å². The van der Waals surface area contributed by atoms with E-state index in [1.807, 2.05) is 19.1 Å². The Hall–Kier alpha value is -4.36. The summed E-state index contributed by atoms with van der Waals surface area (Å²) in [5.41, 5.74) is 3.08. The monoisotopic (exact) mass is 556 g/mol. The van der Waals surface area contributed by atoms with Crippen molar-refractivity contribution in [2.45, 2.75) is 26.0 Å². The third-order valence-corrected chi connectivity index (χ3v) is 6.32. The van der Waals surface area contributed by atoms with Crippen LogP contribution in [0.4, 0.5) is 13.2 Å². The zero-order valence-corrected chi connectivity index (χ0v) is 21.1. The smallest absolute Gasteiger partial charge is 0.345 e. The van der Waals surface area contributed by atoms with Crippen LogP contribution in [-0.2, 0) is 4.74 Å². The first-order valence-corrected chi connectivity index (χ1v) is 12.0. The number of pyridine rings is 2. The average molecular weight is 557 g/mol. The molecular weight excluding hydrogens is 537 g/mol. The van der Waals surface area contributed by atoms with Gasteiger partial charge in [-0.05, 0) is 53.2 Å². The molecule has 39 heavy (non-hydrogen) atoms. The molecule has 0 aliphatic heterocycles. The lowest BCUT2D eigenvalue weighted by molar-refractivity contribution is -0.615. The molecule has 0 aliphatic carbocycles. The summed E-state index contributed by atoms with van der Waals surface area (Å²) in [4.78, 5) is 4.18. The fourth-order valence-corrected chi connectivity index (χ4v) is 4.40. The molecule has 0 fully saturated rings. The van der Waals surface area contributed by atoms with Crippen molar-refractivity contribution >= 4 is 11.6 Å². The molecule has 0 saturated carbocycles. The Morgan fingerprint density at radius 2 is 1.97 bits per heavy atom. The van der Waals surface area contributed by atoms with E-state index in [-0.39, 0.29) is 40.6 Å². The summed E-state index contributed by atoms with van der Waals surface area (Å²) in [7, 11) is 0. The van der Waals surface area contributed by atoms with Crippen molar-refractivity contribution in [3.63, 3.8) is 0 Å². The summed E-state index contributed by atoms with van der Waals surface area (Å²) in [6.07, 6.45) is 7.46. The van der Waals surface area contributed by atoms with Crippen molar-refractivity contribution in [2.75, 3.05) is 6.61 Å². The molecule has 0 N–H and O–H groups in total. The molecule has 10 nitrogen and oxygen atoms in total. The fourth-order valence-electron chi connectivity index (χ4n) is 4.24. The second kappa shape index (κ2) is 11.2. The fraction of sp³-hybridized carbons (Fsp3) is 0.200. The minimum atomic E-state index is -2.96. The summed E-state index contributed by atoms with van der Waals surface area (Å²) < 4.78 is 48.4. The highest BCUT2D eigenvalue weighted by Gasteiger charge is 2.26. The van der Waals surface area contributed by atoms with Crippen LogP contribution in [0.1, 0.15) is 23.9 Å². The molecule has 1 unspecified atom stereocenters. The number of halogens is 4. The average Bonchev–Trinajstić information content (AvgIpc) is 3.61. The van der Waals surface area contributed by atoms with E-state index in [0.29, 0.717) is 4.73 Å². The second-order valence-electron chi connectivity index (χ2n) is 8.51. The van der Waals surface area contributed by atoms with E-state index in [2.05, 4.69) is 30.3 Å². The van der Waals surface area contributed by atoms with Gasteiger partial charge in [0.2, 0.25) is 5.69 Å². The maximum Gasteiger partial charge on any atom is 0.345 e. The topological polar surface area (TPSA) is 110 Å². The standard InChI is InChI=1S/C25H20ClF3N8O2/c1-15-10-16(6-8-30-15)18-11-32-35(12-18)20(7-9-39-25(28)29)21-4-2-17(13-37(21)38)23-22(36-14-31-33-34-36)5-3-19(26)24(23)27/h2-6,8,10-14,20,25H,7,9H2,1H3. The number of ether oxygens (including phenoxy) is 1. The van der Waals surface area contributed by atoms with E-state index in [4.69, 9.17) is 11.6 Å². The molecule has 4 aromatic heterocycles. The van der Waals surface area contributed by atoms with Gasteiger partial charge in [0.15, 0.2) is 12.0 Å². The maximum atomic E-state index is 15.2. The molecule has 0 amide bonds. The molecule has 0 radical (unpaired) electrons. The highest BCUT2D eigenvalue weighted by atomic mass is 35.5. The van der Waals surface area contributed by atoms with Gasteiger partial charge in [-0.15, -0.1) is 5.10 Å². The van der Waals surface area contributed by atoms with Gasteiger partial charge in [0.05, 0.1) is 34.6 Å². The Kier molecular flexibility index (Phi) is 7.52. The molecule has 5 aromatic rings. The first kappa shape index (κ1) is 26.3. The van der Waals surface area contributed by atoms with Gasteiger partial charge < -0.3 is 9.94 Å².